The average molecular weight is 183 g/mol. The normalized spacial score (nSPS) is 26.0. The monoisotopic (exact) mass is 183 g/mol. The van der Waals surface area contributed by atoms with Gasteiger partial charge in [-0.3, -0.25) is 5.01 Å². The van der Waals surface area contributed by atoms with Gasteiger partial charge in [0.1, 0.15) is 0 Å². The second-order valence-electron chi connectivity index (χ2n) is 3.63. The van der Waals surface area contributed by atoms with Crippen molar-refractivity contribution in [1.82, 2.24) is 15.6 Å². The fourth-order valence-corrected chi connectivity index (χ4v) is 2.01. The first-order valence-corrected chi connectivity index (χ1v) is 4.82. The number of nitrogens with one attached hydrogen (secondary N) is 1. The van der Waals surface area contributed by atoms with Crippen LogP contribution < -0.4 is 5.43 Å². The van der Waals surface area contributed by atoms with Crippen molar-refractivity contribution < 1.29 is 4.74 Å². The molecule has 0 spiro atoms. The van der Waals surface area contributed by atoms with Gasteiger partial charge < -0.3 is 10.2 Å². The molecular formula is C9H17N3O. The van der Waals surface area contributed by atoms with Crippen molar-refractivity contribution in [3.63, 3.8) is 0 Å². The van der Waals surface area contributed by atoms with Crippen LogP contribution in [0, 0.1) is 0 Å². The Hall–Kier alpha value is -0.740. The highest BCUT2D eigenvalue weighted by molar-refractivity contribution is 5.01. The molecule has 4 nitrogen and oxygen atoms in total. The maximum Gasteiger partial charge on any atom is 0.0515 e. The van der Waals surface area contributed by atoms with Gasteiger partial charge in [-0.2, -0.15) is 0 Å². The summed E-state index contributed by atoms with van der Waals surface area (Å²) in [5.41, 5.74) is 4.46. The van der Waals surface area contributed by atoms with Gasteiger partial charge in [0.05, 0.1) is 6.04 Å². The second kappa shape index (κ2) is 3.55. The van der Waals surface area contributed by atoms with Crippen molar-refractivity contribution in [3.8, 4) is 0 Å². The Morgan fingerprint density at radius 2 is 2.15 bits per heavy atom. The van der Waals surface area contributed by atoms with Crippen LogP contribution in [0.2, 0.25) is 0 Å². The van der Waals surface area contributed by atoms with E-state index in [2.05, 4.69) is 17.4 Å². The Balaban J connectivity index is 2.01. The number of hydrazine groups is 2. The van der Waals surface area contributed by atoms with E-state index in [0.29, 0.717) is 6.04 Å². The van der Waals surface area contributed by atoms with E-state index in [1.807, 2.05) is 18.4 Å². The third kappa shape index (κ3) is 1.64. The molecule has 0 aromatic carbocycles. The van der Waals surface area contributed by atoms with Crippen molar-refractivity contribution in [3.05, 3.63) is 11.9 Å². The van der Waals surface area contributed by atoms with Crippen LogP contribution in [0.25, 0.3) is 0 Å². The molecule has 2 aliphatic heterocycles. The second-order valence-corrected chi connectivity index (χ2v) is 3.63. The third-order valence-electron chi connectivity index (χ3n) is 2.68. The first-order valence-electron chi connectivity index (χ1n) is 4.82. The molecule has 2 rings (SSSR count). The Morgan fingerprint density at radius 1 is 1.46 bits per heavy atom. The summed E-state index contributed by atoms with van der Waals surface area (Å²) in [5, 5.41) is 4.36. The van der Waals surface area contributed by atoms with Gasteiger partial charge in [-0.25, -0.2) is 0 Å². The van der Waals surface area contributed by atoms with Crippen molar-refractivity contribution in [2.75, 3.05) is 20.3 Å². The van der Waals surface area contributed by atoms with Gasteiger partial charge in [0.2, 0.25) is 0 Å². The molecule has 0 aliphatic carbocycles. The summed E-state index contributed by atoms with van der Waals surface area (Å²) in [7, 11) is 2.04. The maximum absolute atomic E-state index is 5.34. The Kier molecular flexibility index (Phi) is 2.42. The molecular weight excluding hydrogens is 166 g/mol. The molecule has 1 saturated heterocycles. The molecule has 1 fully saturated rings. The molecule has 0 amide bonds. The molecule has 2 aliphatic rings. The third-order valence-corrected chi connectivity index (χ3v) is 2.68. The molecule has 0 aromatic rings. The van der Waals surface area contributed by atoms with Crippen LogP contribution in [0.5, 0.6) is 0 Å². The van der Waals surface area contributed by atoms with Gasteiger partial charge in [-0.05, 0) is 19.8 Å². The minimum Gasteiger partial charge on any atom is -0.381 e. The highest BCUT2D eigenvalue weighted by atomic mass is 16.5. The highest BCUT2D eigenvalue weighted by Crippen LogP contribution is 2.21. The van der Waals surface area contributed by atoms with Crippen molar-refractivity contribution in [1.29, 1.82) is 0 Å². The van der Waals surface area contributed by atoms with Crippen LogP contribution in [0.15, 0.2) is 11.9 Å². The molecule has 74 valence electrons. The molecule has 0 bridgehead atoms. The van der Waals surface area contributed by atoms with Crippen LogP contribution >= 0.6 is 0 Å². The minimum atomic E-state index is 0.602. The molecule has 1 N–H and O–H groups in total. The van der Waals surface area contributed by atoms with Gasteiger partial charge in [0, 0.05) is 32.2 Å². The lowest BCUT2D eigenvalue weighted by molar-refractivity contribution is -0.0538. The summed E-state index contributed by atoms with van der Waals surface area (Å²) >= 11 is 0. The molecule has 0 radical (unpaired) electrons. The summed E-state index contributed by atoms with van der Waals surface area (Å²) in [6, 6.07) is 0.602. The van der Waals surface area contributed by atoms with Gasteiger partial charge >= 0.3 is 0 Å². The number of nitrogens with zero attached hydrogens (tertiary/aromatic N) is 2. The predicted octanol–water partition coefficient (Wildman–Crippen LogP) is 0.694. The number of hydrogen-bond acceptors (Lipinski definition) is 4. The number of rotatable bonds is 1. The van der Waals surface area contributed by atoms with E-state index in [-0.39, 0.29) is 0 Å². The van der Waals surface area contributed by atoms with E-state index in [1.165, 1.54) is 5.70 Å². The van der Waals surface area contributed by atoms with Gasteiger partial charge in [0.25, 0.3) is 0 Å². The molecule has 13 heavy (non-hydrogen) atoms. The van der Waals surface area contributed by atoms with Gasteiger partial charge in [0.15, 0.2) is 0 Å². The van der Waals surface area contributed by atoms with Gasteiger partial charge in [-0.1, -0.05) is 0 Å². The van der Waals surface area contributed by atoms with Crippen molar-refractivity contribution in [2.45, 2.75) is 25.8 Å². The summed E-state index contributed by atoms with van der Waals surface area (Å²) in [5.74, 6) is 0. The summed E-state index contributed by atoms with van der Waals surface area (Å²) < 4.78 is 5.34. The van der Waals surface area contributed by atoms with Crippen LogP contribution in [0.3, 0.4) is 0 Å². The first kappa shape index (κ1) is 8.84. The summed E-state index contributed by atoms with van der Waals surface area (Å²) in [4.78, 5) is 0. The smallest absolute Gasteiger partial charge is 0.0515 e. The fraction of sp³-hybridized carbons (Fsp3) is 0.778. The highest BCUT2D eigenvalue weighted by Gasteiger charge is 2.27. The van der Waals surface area contributed by atoms with E-state index >= 15 is 0 Å². The van der Waals surface area contributed by atoms with Gasteiger partial charge in [-0.15, -0.1) is 5.12 Å². The summed E-state index contributed by atoms with van der Waals surface area (Å²) in [6.45, 7) is 3.91. The van der Waals surface area contributed by atoms with E-state index in [0.717, 1.165) is 26.1 Å². The van der Waals surface area contributed by atoms with Crippen molar-refractivity contribution >= 4 is 0 Å². The summed E-state index contributed by atoms with van der Waals surface area (Å²) in [6.07, 6.45) is 4.28. The Labute approximate surface area is 79.1 Å². The Morgan fingerprint density at radius 3 is 2.69 bits per heavy atom. The van der Waals surface area contributed by atoms with E-state index in [4.69, 9.17) is 4.74 Å². The van der Waals surface area contributed by atoms with Crippen LogP contribution in [-0.2, 0) is 4.74 Å². The maximum atomic E-state index is 5.34. The lowest BCUT2D eigenvalue weighted by Gasteiger charge is -2.37. The molecule has 0 atom stereocenters. The molecule has 2 heterocycles. The van der Waals surface area contributed by atoms with Crippen LogP contribution in [-0.4, -0.2) is 36.4 Å². The van der Waals surface area contributed by atoms with Crippen LogP contribution in [0.4, 0.5) is 0 Å². The zero-order valence-corrected chi connectivity index (χ0v) is 8.29. The fourth-order valence-electron chi connectivity index (χ4n) is 2.01. The first-order chi connectivity index (χ1) is 6.29. The zero-order valence-electron chi connectivity index (χ0n) is 8.29. The topological polar surface area (TPSA) is 27.7 Å². The number of hydrogen-bond donors (Lipinski definition) is 1. The Bertz CT molecular complexity index is 211. The van der Waals surface area contributed by atoms with E-state index in [1.54, 1.807) is 0 Å². The lowest BCUT2D eigenvalue weighted by atomic mass is 10.1. The zero-order chi connectivity index (χ0) is 9.26. The number of ether oxygens (including phenoxy) is 1. The molecule has 4 heteroatoms. The SMILES string of the molecule is CC1=CNN(C)N1C1CCOCC1. The predicted molar refractivity (Wildman–Crippen MR) is 50.3 cm³/mol. The van der Waals surface area contributed by atoms with Crippen LogP contribution in [0.1, 0.15) is 19.8 Å². The molecule has 0 saturated carbocycles. The number of allylic oxidation sites excluding steroid dienone is 1. The van der Waals surface area contributed by atoms with E-state index in [9.17, 15) is 0 Å². The molecule has 0 unspecified atom stereocenters. The van der Waals surface area contributed by atoms with E-state index < -0.39 is 0 Å². The standard InChI is InChI=1S/C9H17N3O/c1-8-7-10-11(2)12(8)9-3-5-13-6-4-9/h7,9-10H,3-6H2,1-2H3. The minimum absolute atomic E-state index is 0.602. The molecule has 0 aromatic heterocycles. The van der Waals surface area contributed by atoms with Crippen molar-refractivity contribution in [2.24, 2.45) is 0 Å². The largest absolute Gasteiger partial charge is 0.381 e. The quantitative estimate of drug-likeness (QED) is 0.647. The average Bonchev–Trinajstić information content (AvgIpc) is 2.48. The lowest BCUT2D eigenvalue weighted by Crippen LogP contribution is -2.47.